The number of piperidine rings is 1. The van der Waals surface area contributed by atoms with Gasteiger partial charge in [0.1, 0.15) is 53.9 Å². The van der Waals surface area contributed by atoms with Gasteiger partial charge in [-0.3, -0.25) is 19.2 Å². The van der Waals surface area contributed by atoms with Crippen LogP contribution in [0.4, 0.5) is 10.6 Å². The molecule has 1 aromatic carbocycles. The number of aromatic nitrogens is 6. The quantitative estimate of drug-likeness (QED) is 0.00872. The van der Waals surface area contributed by atoms with Crippen molar-refractivity contribution in [3.05, 3.63) is 113 Å². The van der Waals surface area contributed by atoms with Gasteiger partial charge in [-0.15, -0.1) is 0 Å². The van der Waals surface area contributed by atoms with E-state index in [1.165, 1.54) is 19.0 Å². The second-order valence-electron chi connectivity index (χ2n) is 33.0. The summed E-state index contributed by atoms with van der Waals surface area (Å²) in [5, 5.41) is 55.6. The van der Waals surface area contributed by atoms with Crippen LogP contribution < -0.4 is 16.8 Å². The molecule has 10 N–H and O–H groups in total. The van der Waals surface area contributed by atoms with Crippen molar-refractivity contribution in [1.29, 1.82) is 0 Å². The van der Waals surface area contributed by atoms with Gasteiger partial charge in [-0.1, -0.05) is 75.4 Å². The first-order chi connectivity index (χ1) is 59.9. The van der Waals surface area contributed by atoms with Crippen LogP contribution in [0, 0.1) is 23.7 Å². The highest BCUT2D eigenvalue weighted by molar-refractivity contribution is 6.39. The molecule has 10 rings (SSSR count). The molecule has 2 bridgehead atoms. The van der Waals surface area contributed by atoms with E-state index >= 15 is 0 Å². The van der Waals surface area contributed by atoms with E-state index in [0.717, 1.165) is 44.6 Å². The van der Waals surface area contributed by atoms with Gasteiger partial charge in [0.2, 0.25) is 11.7 Å². The molecule has 684 valence electrons. The topological polar surface area (TPSA) is 446 Å². The number of ketones is 2. The summed E-state index contributed by atoms with van der Waals surface area (Å²) < 4.78 is 76.8. The predicted octanol–water partition coefficient (Wildman–Crippen LogP) is 6.92. The SMILES string of the molecule is CO[C@H]1C[C@@H]2CCC[C@@](O)(O2)C(=O)C(=O)N2CCCC[C@H]2C(=O)O[C@H]([C@H](N)C[C@@H]2CC[C@@H](OC(=O)NCCOCCOCCOCCOCCOCCOCCOCCOCCC(=O)N3CCc4cc(Cn5nc(-c6cnc7[nH]ccc7c6)c6c(N)ncnc65)ccc4C3)[C@H](OC)C2)C[C@@H](O)[C@H](C)/C=C(\C)[C@@H](O)[C@@H](O)C(=O)[C@H](C)C[C@H](C)/C=C/C=CC=C1C. The third-order valence-corrected chi connectivity index (χ3v) is 23.7. The fraction of sp³-hybridized carbons (Fsp3) is 0.644. The molecule has 124 heavy (non-hydrogen) atoms. The number of anilines is 1. The monoisotopic (exact) mass is 1730 g/mol. The Kier molecular flexibility index (Phi) is 39.6. The molecule has 0 radical (unpaired) electrons. The zero-order valence-corrected chi connectivity index (χ0v) is 73.0. The highest BCUT2D eigenvalue weighted by Gasteiger charge is 2.50. The Morgan fingerprint density at radius 3 is 2.09 bits per heavy atom. The number of alkyl carbamates (subject to hydrolysis) is 1. The van der Waals surface area contributed by atoms with Gasteiger partial charge < -0.3 is 114 Å². The number of carbonyl (C=O) groups excluding carboxylic acids is 6. The highest BCUT2D eigenvalue weighted by Crippen LogP contribution is 2.37. The number of benzene rings is 1. The number of aliphatic hydroxyl groups is 4. The molecule has 3 amide bonds. The summed E-state index contributed by atoms with van der Waals surface area (Å²) in [5.74, 6) is -7.26. The maximum Gasteiger partial charge on any atom is 0.407 e. The number of cyclic esters (lactones) is 1. The van der Waals surface area contributed by atoms with Gasteiger partial charge in [0.25, 0.3) is 11.7 Å². The van der Waals surface area contributed by atoms with Crippen molar-refractivity contribution in [2.45, 2.75) is 211 Å². The highest BCUT2D eigenvalue weighted by atomic mass is 16.6. The van der Waals surface area contributed by atoms with E-state index in [2.05, 4.69) is 43.5 Å². The molecule has 3 fully saturated rings. The van der Waals surface area contributed by atoms with Crippen molar-refractivity contribution in [3.8, 4) is 11.3 Å². The molecule has 0 spiro atoms. The molecule has 5 aliphatic rings. The number of Topliss-reactive ketones (excluding diaryl/α,β-unsaturated/α-hetero) is 2. The number of aliphatic hydroxyl groups excluding tert-OH is 3. The lowest BCUT2D eigenvalue weighted by Gasteiger charge is -2.40. The number of nitrogens with one attached hydrogen (secondary N) is 2. The number of amides is 3. The number of rotatable bonds is 36. The van der Waals surface area contributed by atoms with E-state index in [1.54, 1.807) is 40.2 Å². The number of methoxy groups -OCH3 is 2. The number of carbonyl (C=O) groups is 6. The second-order valence-corrected chi connectivity index (χ2v) is 33.0. The minimum Gasteiger partial charge on any atom is -0.459 e. The van der Waals surface area contributed by atoms with E-state index in [1.807, 2.05) is 72.1 Å². The zero-order valence-electron chi connectivity index (χ0n) is 73.0. The van der Waals surface area contributed by atoms with Gasteiger partial charge in [-0.05, 0) is 136 Å². The number of pyridine rings is 1. The minimum absolute atomic E-state index is 0.0216. The summed E-state index contributed by atoms with van der Waals surface area (Å²) in [6.45, 7) is 16.4. The largest absolute Gasteiger partial charge is 0.459 e. The van der Waals surface area contributed by atoms with Crippen LogP contribution in [0.1, 0.15) is 141 Å². The number of allylic oxidation sites excluding steroid dienone is 5. The first kappa shape index (κ1) is 97.8. The lowest BCUT2D eigenvalue weighted by molar-refractivity contribution is -0.245. The number of nitrogens with two attached hydrogens (primary N) is 2. The van der Waals surface area contributed by atoms with Gasteiger partial charge in [0, 0.05) is 101 Å². The molecular formula is C90H131N11O23. The normalized spacial score (nSPS) is 26.7. The van der Waals surface area contributed by atoms with Crippen molar-refractivity contribution < 1.29 is 111 Å². The molecule has 4 aromatic heterocycles. The Bertz CT molecular complexity index is 4350. The lowest BCUT2D eigenvalue weighted by Crippen LogP contribution is -2.58. The number of nitrogen functional groups attached to an aromatic ring is 1. The fourth-order valence-corrected chi connectivity index (χ4v) is 16.6. The Labute approximate surface area is 725 Å². The van der Waals surface area contributed by atoms with Crippen LogP contribution in [0.5, 0.6) is 0 Å². The van der Waals surface area contributed by atoms with Crippen molar-refractivity contribution in [2.75, 3.05) is 145 Å². The number of hydrogen-bond acceptors (Lipinski definition) is 29. The summed E-state index contributed by atoms with van der Waals surface area (Å²) >= 11 is 0. The molecule has 34 nitrogen and oxygen atoms in total. The van der Waals surface area contributed by atoms with E-state index in [-0.39, 0.29) is 88.1 Å². The van der Waals surface area contributed by atoms with Crippen LogP contribution in [0.2, 0.25) is 0 Å². The number of fused-ring (bicyclic) bond motifs is 6. The van der Waals surface area contributed by atoms with Gasteiger partial charge in [0.15, 0.2) is 11.4 Å². The van der Waals surface area contributed by atoms with Crippen molar-refractivity contribution >= 4 is 63.3 Å². The van der Waals surface area contributed by atoms with Crippen molar-refractivity contribution in [3.63, 3.8) is 0 Å². The van der Waals surface area contributed by atoms with Crippen LogP contribution in [0.25, 0.3) is 33.3 Å². The molecule has 0 unspecified atom stereocenters. The first-order valence-corrected chi connectivity index (χ1v) is 43.8. The Morgan fingerprint density at radius 2 is 1.40 bits per heavy atom. The van der Waals surface area contributed by atoms with Crippen LogP contribution in [-0.2, 0) is 105 Å². The molecule has 34 heteroatoms. The average Bonchev–Trinajstić information content (AvgIpc) is 1.57. The second kappa shape index (κ2) is 50.2. The molecule has 1 saturated carbocycles. The molecule has 8 heterocycles. The van der Waals surface area contributed by atoms with Gasteiger partial charge in [-0.2, -0.15) is 5.10 Å². The molecule has 1 aliphatic carbocycles. The summed E-state index contributed by atoms with van der Waals surface area (Å²) in [6.07, 6.45) is 12.3. The van der Waals surface area contributed by atoms with Gasteiger partial charge >= 0.3 is 12.1 Å². The third kappa shape index (κ3) is 29.1. The lowest BCUT2D eigenvalue weighted by atomic mass is 9.80. The number of nitrogens with zero attached hydrogens (tertiary/aromatic N) is 7. The van der Waals surface area contributed by atoms with Crippen LogP contribution in [0.3, 0.4) is 0 Å². The minimum atomic E-state index is -2.46. The summed E-state index contributed by atoms with van der Waals surface area (Å²) in [5.41, 5.74) is 20.8. The van der Waals surface area contributed by atoms with E-state index in [9.17, 15) is 49.2 Å². The molecule has 4 aliphatic heterocycles. The summed E-state index contributed by atoms with van der Waals surface area (Å²) in [6, 6.07) is 8.19. The molecule has 2 saturated heterocycles. The number of hydrogen-bond donors (Lipinski definition) is 8. The van der Waals surface area contributed by atoms with Crippen molar-refractivity contribution in [1.82, 2.24) is 44.8 Å². The van der Waals surface area contributed by atoms with Crippen LogP contribution >= 0.6 is 0 Å². The molecular weight excluding hydrogens is 1600 g/mol. The number of aromatic amines is 1. The van der Waals surface area contributed by atoms with Crippen LogP contribution in [0.15, 0.2) is 96.7 Å². The van der Waals surface area contributed by atoms with E-state index in [0.29, 0.717) is 186 Å². The number of esters is 1. The average molecular weight is 1740 g/mol. The predicted molar refractivity (Wildman–Crippen MR) is 459 cm³/mol. The standard InChI is InChI=1S/C90H131N11O23/c1-58-14-9-8-10-15-59(2)74(112-6)52-69-16-13-25-90(111,124-69)83(107)87(108)100-28-12-11-17-71(100)88(109)122-75(53-72(102)60(3)47-62(5)81(105)82(106)80(104)61(4)46-58)70(91)49-63-19-21-73(76(50-63)113-7)123-89(110)94-27-31-115-33-35-117-37-39-119-41-43-121-45-44-120-42-40-118-38-36-116-34-32-114-30-24-77(103)99-29-23-65-48-64(18-20-67(65)56-99)55-101-86-78(84(92)96-57-97-86)79(98-101)68-51-66-22-26-93-85(66)95-54-68/h8-10,14-15,18,20,22,26,47-48,51,54,57-58,60-61,63,69-76,81-82,102,105-106,111H,11-13,16-17,19,21,23-25,27-46,49-50,52-53,55-56,91H2,1-7H3,(H,93,95)(H,94,110)(H2,92,96,97)/b10-8?,14-9+,59-15?,62-47+/t58-,60-,61-,63+,69+,70-,71+,72-,73-,74+,75+,76-,81-,82+,90-/m1/s1. The van der Waals surface area contributed by atoms with E-state index in [4.69, 9.17) is 78.1 Å². The fourth-order valence-electron chi connectivity index (χ4n) is 16.6. The molecule has 15 atom stereocenters. The molecule has 5 aromatic rings. The first-order valence-electron chi connectivity index (χ1n) is 43.8. The van der Waals surface area contributed by atoms with Gasteiger partial charge in [0.05, 0.1) is 148 Å². The Hall–Kier alpha value is -8.40. The third-order valence-electron chi connectivity index (χ3n) is 23.7. The summed E-state index contributed by atoms with van der Waals surface area (Å²) in [7, 11) is 3.07. The van der Waals surface area contributed by atoms with Crippen LogP contribution in [-0.4, -0.2) is 302 Å². The van der Waals surface area contributed by atoms with Crippen molar-refractivity contribution in [2.24, 2.45) is 29.4 Å². The van der Waals surface area contributed by atoms with Gasteiger partial charge in [-0.25, -0.2) is 29.2 Å². The Balaban J connectivity index is 0.545. The Morgan fingerprint density at radius 1 is 0.718 bits per heavy atom. The number of H-pyrrole nitrogens is 1. The maximum absolute atomic E-state index is 14.6. The maximum atomic E-state index is 14.6. The zero-order chi connectivity index (χ0) is 88.5. The smallest absolute Gasteiger partial charge is 0.407 e. The summed E-state index contributed by atoms with van der Waals surface area (Å²) in [4.78, 5) is 102. The van der Waals surface area contributed by atoms with E-state index < -0.39 is 108 Å². The number of ether oxygens (including phenoxy) is 13.